The van der Waals surface area contributed by atoms with Crippen molar-refractivity contribution in [3.63, 3.8) is 0 Å². The number of amides is 1. The summed E-state index contributed by atoms with van der Waals surface area (Å²) in [6.45, 7) is 12.6. The minimum atomic E-state index is -1.10. The Bertz CT molecular complexity index is 357. The summed E-state index contributed by atoms with van der Waals surface area (Å²) < 4.78 is 10.4. The number of rotatable bonds is 7. The highest BCUT2D eigenvalue weighted by Gasteiger charge is 2.33. The average Bonchev–Trinajstić information content (AvgIpc) is 2.29. The van der Waals surface area contributed by atoms with Crippen LogP contribution < -0.4 is 5.32 Å². The highest BCUT2D eigenvalue weighted by Crippen LogP contribution is 2.19. The Kier molecular flexibility index (Phi) is 6.72. The van der Waals surface area contributed by atoms with Gasteiger partial charge in [-0.25, -0.2) is 9.59 Å². The number of hydrogen-bond donors (Lipinski definition) is 2. The molecule has 0 heterocycles. The van der Waals surface area contributed by atoms with Crippen LogP contribution >= 0.6 is 0 Å². The molecule has 0 aliphatic carbocycles. The van der Waals surface area contributed by atoms with Crippen LogP contribution in [0.25, 0.3) is 0 Å². The maximum absolute atomic E-state index is 11.7. The number of carboxylic acid groups (broad SMARTS) is 1. The molecule has 0 aromatic heterocycles. The molecule has 1 atom stereocenters. The zero-order valence-corrected chi connectivity index (χ0v) is 12.9. The third-order valence-corrected chi connectivity index (χ3v) is 2.52. The van der Waals surface area contributed by atoms with Crippen LogP contribution in [-0.4, -0.2) is 42.0 Å². The summed E-state index contributed by atoms with van der Waals surface area (Å²) in [5.74, 6) is -1.10. The van der Waals surface area contributed by atoms with E-state index in [2.05, 4.69) is 11.9 Å². The van der Waals surface area contributed by atoms with E-state index in [4.69, 9.17) is 14.6 Å². The Morgan fingerprint density at radius 1 is 1.30 bits per heavy atom. The molecule has 6 nitrogen and oxygen atoms in total. The lowest BCUT2D eigenvalue weighted by atomic mass is 9.87. The first kappa shape index (κ1) is 18.4. The molecule has 6 heteroatoms. The van der Waals surface area contributed by atoms with Crippen molar-refractivity contribution < 1.29 is 24.2 Å². The Morgan fingerprint density at radius 2 is 1.85 bits per heavy atom. The summed E-state index contributed by atoms with van der Waals surface area (Å²) in [4.78, 5) is 22.8. The molecule has 116 valence electrons. The fourth-order valence-electron chi connectivity index (χ4n) is 1.37. The van der Waals surface area contributed by atoms with Crippen LogP contribution in [0.3, 0.4) is 0 Å². The Morgan fingerprint density at radius 3 is 2.25 bits per heavy atom. The van der Waals surface area contributed by atoms with E-state index < -0.39 is 29.1 Å². The van der Waals surface area contributed by atoms with Gasteiger partial charge in [0.1, 0.15) is 12.6 Å². The minimum Gasteiger partial charge on any atom is -0.480 e. The standard InChI is InChI=1S/C14H25NO5/c1-7-8-20-14(5,6)9-19-12(18)15-10(11(16)17)13(2,3)4/h7,10H,1,8-9H2,2-6H3,(H,15,18)(H,16,17)/t10-/m1/s1. The molecule has 0 aromatic rings. The second-order valence-electron chi connectivity index (χ2n) is 6.22. The van der Waals surface area contributed by atoms with Gasteiger partial charge in [0.2, 0.25) is 0 Å². The molecule has 0 unspecified atom stereocenters. The third kappa shape index (κ3) is 7.13. The lowest BCUT2D eigenvalue weighted by Gasteiger charge is -2.28. The summed E-state index contributed by atoms with van der Waals surface area (Å²) in [5, 5.41) is 11.4. The van der Waals surface area contributed by atoms with Crippen molar-refractivity contribution >= 4 is 12.1 Å². The molecule has 0 aliphatic rings. The molecule has 0 fully saturated rings. The number of nitrogens with one attached hydrogen (secondary N) is 1. The van der Waals surface area contributed by atoms with Crippen molar-refractivity contribution in [2.24, 2.45) is 5.41 Å². The van der Waals surface area contributed by atoms with Gasteiger partial charge in [-0.15, -0.1) is 6.58 Å². The van der Waals surface area contributed by atoms with Gasteiger partial charge in [0, 0.05) is 0 Å². The smallest absolute Gasteiger partial charge is 0.407 e. The predicted molar refractivity (Wildman–Crippen MR) is 75.6 cm³/mol. The second kappa shape index (κ2) is 7.28. The molecule has 0 saturated carbocycles. The number of alkyl carbamates (subject to hydrolysis) is 1. The highest BCUT2D eigenvalue weighted by atomic mass is 16.6. The summed E-state index contributed by atoms with van der Waals surface area (Å²) in [7, 11) is 0. The second-order valence-corrected chi connectivity index (χ2v) is 6.22. The van der Waals surface area contributed by atoms with E-state index in [-0.39, 0.29) is 6.61 Å². The molecule has 0 aliphatic heterocycles. The molecular weight excluding hydrogens is 262 g/mol. The number of carboxylic acids is 1. The first-order valence-corrected chi connectivity index (χ1v) is 6.40. The number of ether oxygens (including phenoxy) is 2. The molecule has 2 N–H and O–H groups in total. The Hall–Kier alpha value is -1.56. The van der Waals surface area contributed by atoms with E-state index in [0.717, 1.165) is 0 Å². The summed E-state index contributed by atoms with van der Waals surface area (Å²) in [6.07, 6.45) is 0.824. The number of hydrogen-bond acceptors (Lipinski definition) is 4. The van der Waals surface area contributed by atoms with Crippen LogP contribution in [0.2, 0.25) is 0 Å². The molecular formula is C14H25NO5. The lowest BCUT2D eigenvalue weighted by Crippen LogP contribution is -2.50. The van der Waals surface area contributed by atoms with Gasteiger partial charge in [-0.05, 0) is 19.3 Å². The number of aliphatic carboxylic acids is 1. The van der Waals surface area contributed by atoms with Crippen LogP contribution in [0.1, 0.15) is 34.6 Å². The SMILES string of the molecule is C=CCOC(C)(C)COC(=O)N[C@H](C(=O)O)C(C)(C)C. The van der Waals surface area contributed by atoms with Crippen LogP contribution in [0.15, 0.2) is 12.7 Å². The van der Waals surface area contributed by atoms with Gasteiger partial charge in [0.15, 0.2) is 0 Å². The normalized spacial score (nSPS) is 13.4. The van der Waals surface area contributed by atoms with Crippen molar-refractivity contribution in [2.45, 2.75) is 46.3 Å². The van der Waals surface area contributed by atoms with E-state index in [9.17, 15) is 9.59 Å². The zero-order valence-electron chi connectivity index (χ0n) is 12.9. The molecule has 0 aromatic carbocycles. The van der Waals surface area contributed by atoms with Crippen molar-refractivity contribution in [1.29, 1.82) is 0 Å². The molecule has 0 rings (SSSR count). The first-order valence-electron chi connectivity index (χ1n) is 6.40. The molecule has 0 saturated heterocycles. The highest BCUT2D eigenvalue weighted by molar-refractivity contribution is 5.80. The fraction of sp³-hybridized carbons (Fsp3) is 0.714. The third-order valence-electron chi connectivity index (χ3n) is 2.52. The van der Waals surface area contributed by atoms with Gasteiger partial charge >= 0.3 is 12.1 Å². The zero-order chi connectivity index (χ0) is 16.0. The number of carbonyl (C=O) groups excluding carboxylic acids is 1. The maximum atomic E-state index is 11.7. The molecule has 0 radical (unpaired) electrons. The van der Waals surface area contributed by atoms with Crippen LogP contribution in [0, 0.1) is 5.41 Å². The van der Waals surface area contributed by atoms with Crippen molar-refractivity contribution in [3.8, 4) is 0 Å². The topological polar surface area (TPSA) is 84.9 Å². The van der Waals surface area contributed by atoms with Crippen molar-refractivity contribution in [1.82, 2.24) is 5.32 Å². The van der Waals surface area contributed by atoms with E-state index >= 15 is 0 Å². The monoisotopic (exact) mass is 287 g/mol. The van der Waals surface area contributed by atoms with Crippen molar-refractivity contribution in [3.05, 3.63) is 12.7 Å². The molecule has 20 heavy (non-hydrogen) atoms. The van der Waals surface area contributed by atoms with Crippen LogP contribution in [0.5, 0.6) is 0 Å². The van der Waals surface area contributed by atoms with Gasteiger partial charge in [0.05, 0.1) is 12.2 Å². The summed E-state index contributed by atoms with van der Waals surface area (Å²) in [6, 6.07) is -1.02. The van der Waals surface area contributed by atoms with Gasteiger partial charge in [-0.2, -0.15) is 0 Å². The summed E-state index contributed by atoms with van der Waals surface area (Å²) in [5.41, 5.74) is -1.27. The van der Waals surface area contributed by atoms with E-state index in [1.54, 1.807) is 40.7 Å². The Labute approximate surface area is 120 Å². The van der Waals surface area contributed by atoms with Gasteiger partial charge < -0.3 is 19.9 Å². The van der Waals surface area contributed by atoms with E-state index in [0.29, 0.717) is 6.61 Å². The minimum absolute atomic E-state index is 0.0170. The maximum Gasteiger partial charge on any atom is 0.407 e. The largest absolute Gasteiger partial charge is 0.480 e. The quantitative estimate of drug-likeness (QED) is 0.701. The summed E-state index contributed by atoms with van der Waals surface area (Å²) >= 11 is 0. The lowest BCUT2D eigenvalue weighted by molar-refractivity contribution is -0.142. The van der Waals surface area contributed by atoms with Crippen LogP contribution in [0.4, 0.5) is 4.79 Å². The van der Waals surface area contributed by atoms with Gasteiger partial charge in [-0.3, -0.25) is 0 Å². The van der Waals surface area contributed by atoms with E-state index in [1.165, 1.54) is 0 Å². The molecule has 0 spiro atoms. The molecule has 0 bridgehead atoms. The van der Waals surface area contributed by atoms with E-state index in [1.807, 2.05) is 0 Å². The van der Waals surface area contributed by atoms with Crippen LogP contribution in [-0.2, 0) is 14.3 Å². The first-order chi connectivity index (χ1) is 8.99. The fourth-order valence-corrected chi connectivity index (χ4v) is 1.37. The van der Waals surface area contributed by atoms with Gasteiger partial charge in [0.25, 0.3) is 0 Å². The average molecular weight is 287 g/mol. The number of carbonyl (C=O) groups is 2. The van der Waals surface area contributed by atoms with Crippen molar-refractivity contribution in [2.75, 3.05) is 13.2 Å². The Balaban J connectivity index is 4.41. The molecule has 1 amide bonds. The predicted octanol–water partition coefficient (Wildman–Crippen LogP) is 2.19. The van der Waals surface area contributed by atoms with Gasteiger partial charge in [-0.1, -0.05) is 26.8 Å².